The van der Waals surface area contributed by atoms with E-state index in [4.69, 9.17) is 5.11 Å². The third-order valence-electron chi connectivity index (χ3n) is 0.223. The van der Waals surface area contributed by atoms with Crippen LogP contribution in [0.3, 0.4) is 0 Å². The van der Waals surface area contributed by atoms with E-state index >= 15 is 0 Å². The highest BCUT2D eigenvalue weighted by Crippen LogP contribution is 2.29. The summed E-state index contributed by atoms with van der Waals surface area (Å²) in [6.07, 6.45) is 0. The summed E-state index contributed by atoms with van der Waals surface area (Å²) in [6.45, 7) is 0. The normalized spacial score (nSPS) is 19.5. The maximum atomic E-state index is 7.99. The molecule has 0 spiro atoms. The van der Waals surface area contributed by atoms with E-state index in [0.29, 0.717) is 5.09 Å². The SMILES string of the molecule is OC1=CS1. The van der Waals surface area contributed by atoms with Crippen molar-refractivity contribution in [1.29, 1.82) is 0 Å². The van der Waals surface area contributed by atoms with Crippen LogP contribution in [0, 0.1) is 0 Å². The van der Waals surface area contributed by atoms with Gasteiger partial charge in [0.2, 0.25) is 0 Å². The minimum Gasteiger partial charge on any atom is -0.502 e. The number of thioether (sulfide) groups is 1. The Morgan fingerprint density at radius 1 is 2.00 bits per heavy atom. The molecule has 1 heterocycles. The minimum absolute atomic E-state index is 0.458. The van der Waals surface area contributed by atoms with Gasteiger partial charge in [-0.2, -0.15) is 0 Å². The lowest BCUT2D eigenvalue weighted by Crippen LogP contribution is -1.34. The predicted octanol–water partition coefficient (Wildman–Crippen LogP) is 1.09. The van der Waals surface area contributed by atoms with Gasteiger partial charge in [-0.15, -0.1) is 0 Å². The van der Waals surface area contributed by atoms with Crippen LogP contribution in [0.15, 0.2) is 10.5 Å². The molecule has 1 nitrogen and oxygen atoms in total. The molecule has 0 fully saturated rings. The molecule has 0 saturated carbocycles. The smallest absolute Gasteiger partial charge is 0.161 e. The number of hydrogen-bond donors (Lipinski definition) is 1. The average molecular weight is 74.1 g/mol. The third kappa shape index (κ3) is 0.179. The molecule has 0 aromatic heterocycles. The van der Waals surface area contributed by atoms with Crippen molar-refractivity contribution < 1.29 is 5.11 Å². The molecule has 0 bridgehead atoms. The molecule has 0 aliphatic carbocycles. The predicted molar refractivity (Wildman–Crippen MR) is 18.3 cm³/mol. The molecule has 0 unspecified atom stereocenters. The molecule has 0 amide bonds. The summed E-state index contributed by atoms with van der Waals surface area (Å²) >= 11 is 1.37. The van der Waals surface area contributed by atoms with Gasteiger partial charge >= 0.3 is 0 Å². The Balaban J connectivity index is 2.54. The van der Waals surface area contributed by atoms with Crippen molar-refractivity contribution in [1.82, 2.24) is 0 Å². The molecule has 1 N–H and O–H groups in total. The largest absolute Gasteiger partial charge is 0.502 e. The average Bonchev–Trinajstić information content (AvgIpc) is 1.75. The van der Waals surface area contributed by atoms with Crippen LogP contribution in [0.1, 0.15) is 0 Å². The quantitative estimate of drug-likeness (QED) is 0.464. The first-order chi connectivity index (χ1) is 1.89. The summed E-state index contributed by atoms with van der Waals surface area (Å²) in [7, 11) is 0. The summed E-state index contributed by atoms with van der Waals surface area (Å²) in [5, 5.41) is 10.1. The van der Waals surface area contributed by atoms with Crippen LogP contribution in [-0.4, -0.2) is 5.11 Å². The molecular formula is C2H2OS. The van der Waals surface area contributed by atoms with E-state index in [-0.39, 0.29) is 0 Å². The zero-order valence-corrected chi connectivity index (χ0v) is 2.75. The van der Waals surface area contributed by atoms with Gasteiger partial charge in [0.15, 0.2) is 5.09 Å². The second-order valence-corrected chi connectivity index (χ2v) is 1.46. The highest BCUT2D eigenvalue weighted by molar-refractivity contribution is 8.11. The van der Waals surface area contributed by atoms with Crippen LogP contribution in [0.2, 0.25) is 0 Å². The highest BCUT2D eigenvalue weighted by atomic mass is 32.2. The maximum absolute atomic E-state index is 7.99. The van der Waals surface area contributed by atoms with E-state index in [9.17, 15) is 0 Å². The van der Waals surface area contributed by atoms with E-state index < -0.39 is 0 Å². The number of aliphatic hydroxyl groups excluding tert-OH is 1. The Hall–Kier alpha value is -0.110. The van der Waals surface area contributed by atoms with Crippen LogP contribution in [0.5, 0.6) is 0 Å². The second-order valence-electron chi connectivity index (χ2n) is 0.574. The molecule has 0 aromatic rings. The van der Waals surface area contributed by atoms with Crippen LogP contribution in [0.4, 0.5) is 0 Å². The van der Waals surface area contributed by atoms with Gasteiger partial charge in [0, 0.05) is 5.41 Å². The van der Waals surface area contributed by atoms with Crippen LogP contribution < -0.4 is 0 Å². The molecule has 4 heavy (non-hydrogen) atoms. The third-order valence-corrected chi connectivity index (χ3v) is 0.670. The van der Waals surface area contributed by atoms with Crippen LogP contribution in [-0.2, 0) is 0 Å². The monoisotopic (exact) mass is 74.0 g/mol. The molecule has 0 aromatic carbocycles. The molecule has 1 aliphatic rings. The fourth-order valence-corrected chi connectivity index (χ4v) is 0.0791. The lowest BCUT2D eigenvalue weighted by molar-refractivity contribution is 0.466. The first-order valence-electron chi connectivity index (χ1n) is 0.952. The summed E-state index contributed by atoms with van der Waals surface area (Å²) in [5.74, 6) is 0. The Morgan fingerprint density at radius 2 is 2.25 bits per heavy atom. The standard InChI is InChI=1S/C2H2OS/c3-2-1-4-2/h1,3H. The first kappa shape index (κ1) is 2.15. The maximum Gasteiger partial charge on any atom is 0.161 e. The van der Waals surface area contributed by atoms with E-state index in [0.717, 1.165) is 0 Å². The Bertz CT molecular complexity index is 57.1. The molecular weight excluding hydrogens is 72.1 g/mol. The first-order valence-corrected chi connectivity index (χ1v) is 1.83. The fraction of sp³-hybridized carbons (Fsp3) is 0. The lowest BCUT2D eigenvalue weighted by Gasteiger charge is -1.51. The van der Waals surface area contributed by atoms with E-state index in [1.807, 2.05) is 0 Å². The molecule has 0 saturated heterocycles. The molecule has 1 rings (SSSR count). The van der Waals surface area contributed by atoms with Crippen LogP contribution >= 0.6 is 11.8 Å². The van der Waals surface area contributed by atoms with Gasteiger partial charge in [-0.1, -0.05) is 11.8 Å². The summed E-state index contributed by atoms with van der Waals surface area (Å²) < 4.78 is 0. The Labute approximate surface area is 28.3 Å². The van der Waals surface area contributed by atoms with Gasteiger partial charge in [0.1, 0.15) is 0 Å². The summed E-state index contributed by atoms with van der Waals surface area (Å²) in [4.78, 5) is 0. The minimum atomic E-state index is 0.458. The van der Waals surface area contributed by atoms with Crippen LogP contribution in [0.25, 0.3) is 0 Å². The van der Waals surface area contributed by atoms with Crippen molar-refractivity contribution in [3.63, 3.8) is 0 Å². The summed E-state index contributed by atoms with van der Waals surface area (Å²) in [5.41, 5.74) is 0. The van der Waals surface area contributed by atoms with Crippen molar-refractivity contribution in [3.8, 4) is 0 Å². The summed E-state index contributed by atoms with van der Waals surface area (Å²) in [6, 6.07) is 0. The van der Waals surface area contributed by atoms with Gasteiger partial charge < -0.3 is 5.11 Å². The van der Waals surface area contributed by atoms with Crippen molar-refractivity contribution >= 4 is 11.8 Å². The van der Waals surface area contributed by atoms with Gasteiger partial charge in [0.25, 0.3) is 0 Å². The van der Waals surface area contributed by atoms with Gasteiger partial charge in [0.05, 0.1) is 0 Å². The van der Waals surface area contributed by atoms with Gasteiger partial charge in [-0.25, -0.2) is 0 Å². The lowest BCUT2D eigenvalue weighted by atomic mass is 11.2. The van der Waals surface area contributed by atoms with E-state index in [2.05, 4.69) is 0 Å². The van der Waals surface area contributed by atoms with E-state index in [1.165, 1.54) is 11.8 Å². The fourth-order valence-electron chi connectivity index (χ4n) is 0.0264. The second kappa shape index (κ2) is 0.432. The zero-order chi connectivity index (χ0) is 2.99. The van der Waals surface area contributed by atoms with Crippen molar-refractivity contribution in [3.05, 3.63) is 10.5 Å². The topological polar surface area (TPSA) is 20.2 Å². The number of hydrogen-bond acceptors (Lipinski definition) is 2. The number of rotatable bonds is 0. The van der Waals surface area contributed by atoms with Crippen molar-refractivity contribution in [2.45, 2.75) is 0 Å². The highest BCUT2D eigenvalue weighted by Gasteiger charge is 2.00. The van der Waals surface area contributed by atoms with Gasteiger partial charge in [-0.3, -0.25) is 0 Å². The van der Waals surface area contributed by atoms with Gasteiger partial charge in [-0.05, 0) is 0 Å². The molecule has 1 aliphatic heterocycles. The molecule has 22 valence electrons. The molecule has 2 heteroatoms. The molecule has 0 radical (unpaired) electrons. The zero-order valence-electron chi connectivity index (χ0n) is 1.93. The van der Waals surface area contributed by atoms with E-state index in [1.54, 1.807) is 5.41 Å². The van der Waals surface area contributed by atoms with Crippen molar-refractivity contribution in [2.24, 2.45) is 0 Å². The Morgan fingerprint density at radius 3 is 2.25 bits per heavy atom. The van der Waals surface area contributed by atoms with Crippen molar-refractivity contribution in [2.75, 3.05) is 0 Å². The molecule has 0 atom stereocenters. The Kier molecular flexibility index (Phi) is 0.232. The number of aliphatic hydroxyl groups is 1.